The zero-order valence-corrected chi connectivity index (χ0v) is 10.6. The highest BCUT2D eigenvalue weighted by molar-refractivity contribution is 7.91. The molecular weight excluding hydrogens is 246 g/mol. The summed E-state index contributed by atoms with van der Waals surface area (Å²) in [6, 6.07) is 0. The summed E-state index contributed by atoms with van der Waals surface area (Å²) in [6.45, 7) is 3.54. The molecule has 8 heteroatoms. The van der Waals surface area contributed by atoms with Crippen LogP contribution in [0.2, 0.25) is 0 Å². The van der Waals surface area contributed by atoms with Gasteiger partial charge in [0.05, 0.1) is 11.4 Å². The summed E-state index contributed by atoms with van der Waals surface area (Å²) in [5, 5.41) is 15.9. The second-order valence-corrected chi connectivity index (χ2v) is 6.11. The molecule has 96 valence electrons. The molecule has 1 aromatic heterocycles. The van der Waals surface area contributed by atoms with E-state index in [1.807, 2.05) is 0 Å². The van der Waals surface area contributed by atoms with Gasteiger partial charge in [-0.15, -0.1) is 5.10 Å². The Bertz CT molecular complexity index is 506. The van der Waals surface area contributed by atoms with E-state index in [1.165, 1.54) is 4.68 Å². The van der Waals surface area contributed by atoms with Crippen LogP contribution in [0.25, 0.3) is 0 Å². The van der Waals surface area contributed by atoms with Crippen LogP contribution in [-0.4, -0.2) is 46.0 Å². The van der Waals surface area contributed by atoms with Gasteiger partial charge in [0, 0.05) is 12.3 Å². The molecule has 0 amide bonds. The third-order valence-electron chi connectivity index (χ3n) is 2.45. The average Bonchev–Trinajstić information content (AvgIpc) is 2.60. The number of carbonyl (C=O) groups is 1. The largest absolute Gasteiger partial charge is 0.476 e. The molecule has 0 spiro atoms. The van der Waals surface area contributed by atoms with Gasteiger partial charge in [-0.1, -0.05) is 12.1 Å². The van der Waals surface area contributed by atoms with Gasteiger partial charge in [0.25, 0.3) is 0 Å². The maximum atomic E-state index is 11.2. The second-order valence-electron chi connectivity index (χ2n) is 3.64. The van der Waals surface area contributed by atoms with Crippen LogP contribution in [0.5, 0.6) is 0 Å². The molecule has 1 N–H and O–H groups in total. The van der Waals surface area contributed by atoms with Crippen molar-refractivity contribution in [1.29, 1.82) is 0 Å². The van der Waals surface area contributed by atoms with Crippen LogP contribution in [0.1, 0.15) is 29.5 Å². The van der Waals surface area contributed by atoms with Gasteiger partial charge < -0.3 is 5.11 Å². The summed E-state index contributed by atoms with van der Waals surface area (Å²) < 4.78 is 23.9. The number of rotatable bonds is 6. The van der Waals surface area contributed by atoms with E-state index >= 15 is 0 Å². The lowest BCUT2D eigenvalue weighted by molar-refractivity contribution is 0.0689. The fourth-order valence-corrected chi connectivity index (χ4v) is 2.21. The maximum Gasteiger partial charge on any atom is 0.358 e. The molecule has 0 aromatic carbocycles. The number of hydrogen-bond donors (Lipinski definition) is 1. The summed E-state index contributed by atoms with van der Waals surface area (Å²) in [5.74, 6) is -0.940. The van der Waals surface area contributed by atoms with Crippen molar-refractivity contribution in [2.24, 2.45) is 0 Å². The van der Waals surface area contributed by atoms with E-state index in [2.05, 4.69) is 10.3 Å². The summed E-state index contributed by atoms with van der Waals surface area (Å²) in [4.78, 5) is 10.7. The highest BCUT2D eigenvalue weighted by atomic mass is 32.2. The van der Waals surface area contributed by atoms with Gasteiger partial charge in [0.1, 0.15) is 9.84 Å². The van der Waals surface area contributed by atoms with Crippen molar-refractivity contribution in [3.8, 4) is 0 Å². The van der Waals surface area contributed by atoms with Crippen LogP contribution in [0.4, 0.5) is 0 Å². The Morgan fingerprint density at radius 1 is 1.47 bits per heavy atom. The standard InChI is InChI=1S/C9H15N3O4S/c1-3-17(15,16)6-4-5-12-7(2)8(9(13)14)10-11-12/h3-6H2,1-2H3,(H,13,14). The smallest absolute Gasteiger partial charge is 0.358 e. The van der Waals surface area contributed by atoms with Gasteiger partial charge in [-0.25, -0.2) is 17.9 Å². The van der Waals surface area contributed by atoms with E-state index in [9.17, 15) is 13.2 Å². The molecule has 0 aliphatic carbocycles. The number of carboxylic acid groups (broad SMARTS) is 1. The van der Waals surface area contributed by atoms with Crippen molar-refractivity contribution in [2.45, 2.75) is 26.8 Å². The molecule has 0 bridgehead atoms. The van der Waals surface area contributed by atoms with E-state index in [0.717, 1.165) is 0 Å². The monoisotopic (exact) mass is 261 g/mol. The Morgan fingerprint density at radius 3 is 2.59 bits per heavy atom. The van der Waals surface area contributed by atoms with E-state index < -0.39 is 15.8 Å². The topological polar surface area (TPSA) is 102 Å². The zero-order valence-electron chi connectivity index (χ0n) is 9.75. The Labute approximate surface area is 99.4 Å². The molecule has 0 aliphatic heterocycles. The molecule has 0 atom stereocenters. The molecule has 0 aliphatic rings. The highest BCUT2D eigenvalue weighted by Gasteiger charge is 2.15. The minimum atomic E-state index is -2.99. The van der Waals surface area contributed by atoms with Crippen LogP contribution in [-0.2, 0) is 16.4 Å². The number of hydrogen-bond acceptors (Lipinski definition) is 5. The summed E-state index contributed by atoms with van der Waals surface area (Å²) in [6.07, 6.45) is 0.402. The zero-order chi connectivity index (χ0) is 13.1. The molecule has 1 heterocycles. The van der Waals surface area contributed by atoms with Gasteiger partial charge in [-0.05, 0) is 13.3 Å². The molecule has 0 fully saturated rings. The Hall–Kier alpha value is -1.44. The quantitative estimate of drug-likeness (QED) is 0.779. The minimum Gasteiger partial charge on any atom is -0.476 e. The average molecular weight is 261 g/mol. The third-order valence-corrected chi connectivity index (χ3v) is 4.24. The molecule has 0 radical (unpaired) electrons. The van der Waals surface area contributed by atoms with Crippen LogP contribution < -0.4 is 0 Å². The number of sulfone groups is 1. The fourth-order valence-electron chi connectivity index (χ4n) is 1.35. The lowest BCUT2D eigenvalue weighted by Gasteiger charge is -2.03. The van der Waals surface area contributed by atoms with Crippen LogP contribution in [0.15, 0.2) is 0 Å². The number of aromatic carboxylic acids is 1. The molecule has 0 saturated carbocycles. The first kappa shape index (κ1) is 13.6. The van der Waals surface area contributed by atoms with Gasteiger partial charge >= 0.3 is 5.97 Å². The Morgan fingerprint density at radius 2 is 2.12 bits per heavy atom. The Kier molecular flexibility index (Phi) is 4.22. The van der Waals surface area contributed by atoms with E-state index in [1.54, 1.807) is 13.8 Å². The molecular formula is C9H15N3O4S. The molecule has 0 unspecified atom stereocenters. The molecule has 1 rings (SSSR count). The lowest BCUT2D eigenvalue weighted by atomic mass is 10.3. The second kappa shape index (κ2) is 5.26. The van der Waals surface area contributed by atoms with Crippen molar-refractivity contribution < 1.29 is 18.3 Å². The number of nitrogens with zero attached hydrogens (tertiary/aromatic N) is 3. The molecule has 17 heavy (non-hydrogen) atoms. The van der Waals surface area contributed by atoms with E-state index in [-0.39, 0.29) is 17.2 Å². The first-order valence-electron chi connectivity index (χ1n) is 5.21. The third kappa shape index (κ3) is 3.52. The van der Waals surface area contributed by atoms with Crippen molar-refractivity contribution >= 4 is 15.8 Å². The van der Waals surface area contributed by atoms with Crippen LogP contribution in [0, 0.1) is 6.92 Å². The Balaban J connectivity index is 2.62. The van der Waals surface area contributed by atoms with Crippen LogP contribution in [0.3, 0.4) is 0 Å². The number of carboxylic acids is 1. The molecule has 0 saturated heterocycles. The van der Waals surface area contributed by atoms with E-state index in [4.69, 9.17) is 5.11 Å². The SMILES string of the molecule is CCS(=O)(=O)CCCn1nnc(C(=O)O)c1C. The predicted molar refractivity (Wildman–Crippen MR) is 60.7 cm³/mol. The number of aryl methyl sites for hydroxylation is 1. The van der Waals surface area contributed by atoms with Gasteiger partial charge in [-0.2, -0.15) is 0 Å². The van der Waals surface area contributed by atoms with Gasteiger partial charge in [-0.3, -0.25) is 0 Å². The van der Waals surface area contributed by atoms with Gasteiger partial charge in [0.15, 0.2) is 5.69 Å². The molecule has 1 aromatic rings. The van der Waals surface area contributed by atoms with Crippen molar-refractivity contribution in [3.05, 3.63) is 11.4 Å². The predicted octanol–water partition coefficient (Wildman–Crippen LogP) is 0.110. The summed E-state index contributed by atoms with van der Waals surface area (Å²) in [7, 11) is -2.99. The van der Waals surface area contributed by atoms with Crippen LogP contribution >= 0.6 is 0 Å². The highest BCUT2D eigenvalue weighted by Crippen LogP contribution is 2.05. The first-order valence-corrected chi connectivity index (χ1v) is 7.03. The number of aromatic nitrogens is 3. The lowest BCUT2D eigenvalue weighted by Crippen LogP contribution is -2.12. The normalized spacial score (nSPS) is 11.6. The molecule has 7 nitrogen and oxygen atoms in total. The van der Waals surface area contributed by atoms with E-state index in [0.29, 0.717) is 18.7 Å². The van der Waals surface area contributed by atoms with Crippen molar-refractivity contribution in [2.75, 3.05) is 11.5 Å². The van der Waals surface area contributed by atoms with Gasteiger partial charge in [0.2, 0.25) is 0 Å². The summed E-state index contributed by atoms with van der Waals surface area (Å²) >= 11 is 0. The maximum absolute atomic E-state index is 11.2. The first-order chi connectivity index (χ1) is 7.87. The minimum absolute atomic E-state index is 0.0746. The summed E-state index contributed by atoms with van der Waals surface area (Å²) in [5.41, 5.74) is 0.342. The fraction of sp³-hybridized carbons (Fsp3) is 0.667. The van der Waals surface area contributed by atoms with Crippen molar-refractivity contribution in [3.63, 3.8) is 0 Å². The van der Waals surface area contributed by atoms with Crippen molar-refractivity contribution in [1.82, 2.24) is 15.0 Å².